The number of nitrogens with zero attached hydrogens (tertiary/aromatic N) is 2. The van der Waals surface area contributed by atoms with Crippen molar-refractivity contribution in [2.24, 2.45) is 5.92 Å². The van der Waals surface area contributed by atoms with E-state index in [9.17, 15) is 18.0 Å². The van der Waals surface area contributed by atoms with Gasteiger partial charge in [-0.1, -0.05) is 11.6 Å². The first-order valence-corrected chi connectivity index (χ1v) is 10.7. The van der Waals surface area contributed by atoms with Crippen molar-refractivity contribution in [3.05, 3.63) is 34.5 Å². The molecule has 3 rings (SSSR count). The van der Waals surface area contributed by atoms with E-state index in [-0.39, 0.29) is 16.1 Å². The highest BCUT2D eigenvalue weighted by atomic mass is 35.5. The Kier molecular flexibility index (Phi) is 5.98. The SMILES string of the molecule is O=S(=O)(Nc1nccs1)c1cc(Cl)c(NCC2CCCN(O)C2)cc1F. The van der Waals surface area contributed by atoms with Crippen LogP contribution >= 0.6 is 22.9 Å². The molecule has 7 nitrogen and oxygen atoms in total. The molecule has 2 heterocycles. The van der Waals surface area contributed by atoms with Crippen LogP contribution in [0.4, 0.5) is 15.2 Å². The Labute approximate surface area is 159 Å². The first-order chi connectivity index (χ1) is 12.3. The predicted molar refractivity (Wildman–Crippen MR) is 98.9 cm³/mol. The van der Waals surface area contributed by atoms with Gasteiger partial charge in [0.1, 0.15) is 10.7 Å². The molecule has 0 saturated carbocycles. The molecule has 1 aromatic heterocycles. The van der Waals surface area contributed by atoms with Crippen LogP contribution in [-0.4, -0.2) is 43.3 Å². The van der Waals surface area contributed by atoms with Gasteiger partial charge in [0.25, 0.3) is 10.0 Å². The summed E-state index contributed by atoms with van der Waals surface area (Å²) in [5, 5.41) is 15.7. The Hall–Kier alpha value is -1.46. The largest absolute Gasteiger partial charge is 0.383 e. The normalized spacial score (nSPS) is 18.7. The van der Waals surface area contributed by atoms with E-state index in [1.165, 1.54) is 11.3 Å². The molecule has 1 aliphatic rings. The number of rotatable bonds is 6. The second kappa shape index (κ2) is 8.05. The Morgan fingerprint density at radius 1 is 1.46 bits per heavy atom. The molecule has 1 fully saturated rings. The number of anilines is 2. The maximum absolute atomic E-state index is 14.4. The third-order valence-electron chi connectivity index (χ3n) is 4.04. The van der Waals surface area contributed by atoms with Gasteiger partial charge >= 0.3 is 0 Å². The number of thiazole rings is 1. The summed E-state index contributed by atoms with van der Waals surface area (Å²) in [6.45, 7) is 1.67. The molecule has 0 aliphatic carbocycles. The highest BCUT2D eigenvalue weighted by Gasteiger charge is 2.23. The number of sulfonamides is 1. The minimum absolute atomic E-state index is 0.0996. The lowest BCUT2D eigenvalue weighted by Crippen LogP contribution is -2.35. The third-order valence-corrected chi connectivity index (χ3v) is 6.53. The van der Waals surface area contributed by atoms with Crippen LogP contribution in [0.5, 0.6) is 0 Å². The van der Waals surface area contributed by atoms with Gasteiger partial charge in [-0.3, -0.25) is 4.72 Å². The molecule has 3 N–H and O–H groups in total. The topological polar surface area (TPSA) is 94.6 Å². The van der Waals surface area contributed by atoms with E-state index >= 15 is 0 Å². The van der Waals surface area contributed by atoms with Gasteiger partial charge in [0.05, 0.1) is 10.7 Å². The molecule has 0 bridgehead atoms. The fourth-order valence-electron chi connectivity index (χ4n) is 2.78. The van der Waals surface area contributed by atoms with E-state index in [1.54, 1.807) is 5.38 Å². The molecular weight excluding hydrogens is 403 g/mol. The van der Waals surface area contributed by atoms with Crippen molar-refractivity contribution >= 4 is 43.8 Å². The number of hydrogen-bond donors (Lipinski definition) is 3. The van der Waals surface area contributed by atoms with Crippen LogP contribution in [0.1, 0.15) is 12.8 Å². The second-order valence-corrected chi connectivity index (χ2v) is 8.96. The Morgan fingerprint density at radius 2 is 2.27 bits per heavy atom. The number of hydrogen-bond acceptors (Lipinski definition) is 7. The lowest BCUT2D eigenvalue weighted by atomic mass is 9.99. The van der Waals surface area contributed by atoms with Crippen LogP contribution in [0.2, 0.25) is 5.02 Å². The zero-order valence-electron chi connectivity index (χ0n) is 13.7. The maximum atomic E-state index is 14.4. The van der Waals surface area contributed by atoms with Crippen LogP contribution in [0, 0.1) is 11.7 Å². The number of benzene rings is 1. The predicted octanol–water partition coefficient (Wildman–Crippen LogP) is 3.25. The Bertz CT molecular complexity index is 864. The van der Waals surface area contributed by atoms with E-state index in [2.05, 4.69) is 15.0 Å². The Morgan fingerprint density at radius 3 is 2.96 bits per heavy atom. The van der Waals surface area contributed by atoms with Gasteiger partial charge in [-0.25, -0.2) is 17.8 Å². The third kappa shape index (κ3) is 4.63. The van der Waals surface area contributed by atoms with Crippen molar-refractivity contribution in [3.8, 4) is 0 Å². The van der Waals surface area contributed by atoms with Crippen molar-refractivity contribution in [3.63, 3.8) is 0 Å². The summed E-state index contributed by atoms with van der Waals surface area (Å²) in [6.07, 6.45) is 3.26. The smallest absolute Gasteiger partial charge is 0.266 e. The fraction of sp³-hybridized carbons (Fsp3) is 0.400. The number of piperidine rings is 1. The lowest BCUT2D eigenvalue weighted by Gasteiger charge is -2.28. The summed E-state index contributed by atoms with van der Waals surface area (Å²) in [4.78, 5) is 3.28. The molecular formula is C15H18ClFN4O3S2. The molecule has 142 valence electrons. The average Bonchev–Trinajstić information content (AvgIpc) is 3.07. The minimum atomic E-state index is -4.12. The molecule has 11 heteroatoms. The van der Waals surface area contributed by atoms with Crippen LogP contribution in [0.15, 0.2) is 28.6 Å². The summed E-state index contributed by atoms with van der Waals surface area (Å²) in [5.74, 6) is -0.712. The number of aromatic nitrogens is 1. The van der Waals surface area contributed by atoms with E-state index in [0.717, 1.165) is 36.3 Å². The van der Waals surface area contributed by atoms with Gasteiger partial charge < -0.3 is 10.5 Å². The molecule has 1 aliphatic heterocycles. The summed E-state index contributed by atoms with van der Waals surface area (Å²) in [5.41, 5.74) is 0.312. The molecule has 2 aromatic rings. The zero-order valence-corrected chi connectivity index (χ0v) is 16.0. The highest BCUT2D eigenvalue weighted by molar-refractivity contribution is 7.93. The van der Waals surface area contributed by atoms with Crippen molar-refractivity contribution in [2.45, 2.75) is 17.7 Å². The van der Waals surface area contributed by atoms with Gasteiger partial charge in [-0.05, 0) is 30.9 Å². The molecule has 1 saturated heterocycles. The van der Waals surface area contributed by atoms with E-state index in [4.69, 9.17) is 11.6 Å². The summed E-state index contributed by atoms with van der Waals surface area (Å²) in [6, 6.07) is 2.15. The van der Waals surface area contributed by atoms with Crippen molar-refractivity contribution in [1.82, 2.24) is 10.0 Å². The first kappa shape index (κ1) is 19.3. The van der Waals surface area contributed by atoms with Crippen molar-refractivity contribution in [1.29, 1.82) is 0 Å². The van der Waals surface area contributed by atoms with Crippen molar-refractivity contribution in [2.75, 3.05) is 29.7 Å². The molecule has 0 radical (unpaired) electrons. The molecule has 1 atom stereocenters. The number of hydroxylamine groups is 2. The fourth-order valence-corrected chi connectivity index (χ4v) is 4.95. The van der Waals surface area contributed by atoms with E-state index in [1.807, 2.05) is 0 Å². The molecule has 26 heavy (non-hydrogen) atoms. The van der Waals surface area contributed by atoms with Gasteiger partial charge in [-0.2, -0.15) is 5.06 Å². The van der Waals surface area contributed by atoms with Gasteiger partial charge in [0.2, 0.25) is 0 Å². The standard InChI is InChI=1S/C15H18ClFN4O3S2/c16-11-6-14(26(23,24)20-15-18-3-5-25-15)12(17)7-13(11)19-8-10-2-1-4-21(22)9-10/h3,5-7,10,19,22H,1-2,4,8-9H2,(H,18,20). The van der Waals surface area contributed by atoms with Crippen LogP contribution in [-0.2, 0) is 10.0 Å². The monoisotopic (exact) mass is 420 g/mol. The van der Waals surface area contributed by atoms with Crippen LogP contribution < -0.4 is 10.0 Å². The Balaban J connectivity index is 1.73. The summed E-state index contributed by atoms with van der Waals surface area (Å²) in [7, 11) is -4.12. The van der Waals surface area contributed by atoms with Crippen LogP contribution in [0.25, 0.3) is 0 Å². The number of halogens is 2. The first-order valence-electron chi connectivity index (χ1n) is 7.94. The summed E-state index contributed by atoms with van der Waals surface area (Å²) >= 11 is 7.23. The highest BCUT2D eigenvalue weighted by Crippen LogP contribution is 2.30. The van der Waals surface area contributed by atoms with Gasteiger partial charge in [0, 0.05) is 31.2 Å². The molecule has 1 unspecified atom stereocenters. The molecule has 0 spiro atoms. The van der Waals surface area contributed by atoms with E-state index < -0.39 is 20.7 Å². The maximum Gasteiger partial charge on any atom is 0.266 e. The average molecular weight is 421 g/mol. The van der Waals surface area contributed by atoms with E-state index in [0.29, 0.717) is 25.3 Å². The lowest BCUT2D eigenvalue weighted by molar-refractivity contribution is -0.116. The second-order valence-electron chi connectivity index (χ2n) is 6.01. The summed E-state index contributed by atoms with van der Waals surface area (Å²) < 4.78 is 41.3. The van der Waals surface area contributed by atoms with Gasteiger partial charge in [0.15, 0.2) is 5.13 Å². The van der Waals surface area contributed by atoms with Crippen molar-refractivity contribution < 1.29 is 18.0 Å². The zero-order chi connectivity index (χ0) is 18.7. The van der Waals surface area contributed by atoms with Gasteiger partial charge in [-0.15, -0.1) is 11.3 Å². The molecule has 0 amide bonds. The molecule has 1 aromatic carbocycles. The quantitative estimate of drug-likeness (QED) is 0.664. The van der Waals surface area contributed by atoms with Crippen LogP contribution in [0.3, 0.4) is 0 Å². The minimum Gasteiger partial charge on any atom is -0.383 e. The number of nitrogens with one attached hydrogen (secondary N) is 2.